The lowest BCUT2D eigenvalue weighted by molar-refractivity contribution is -0.128. The number of aromatic nitrogens is 2. The Labute approximate surface area is 190 Å². The number of para-hydroxylation sites is 1. The highest BCUT2D eigenvalue weighted by Crippen LogP contribution is 2.16. The van der Waals surface area contributed by atoms with Crippen molar-refractivity contribution in [1.82, 2.24) is 14.9 Å². The second-order valence-electron chi connectivity index (χ2n) is 7.83. The molecule has 170 valence electrons. The smallest absolute Gasteiger partial charge is 0.337 e. The number of amides is 1. The van der Waals surface area contributed by atoms with Gasteiger partial charge in [-0.1, -0.05) is 24.3 Å². The molecule has 33 heavy (non-hydrogen) atoms. The van der Waals surface area contributed by atoms with Crippen LogP contribution in [0.25, 0.3) is 17.0 Å². The highest BCUT2D eigenvalue weighted by Gasteiger charge is 2.22. The Morgan fingerprint density at radius 2 is 2.00 bits per heavy atom. The van der Waals surface area contributed by atoms with Gasteiger partial charge in [-0.2, -0.15) is 0 Å². The summed E-state index contributed by atoms with van der Waals surface area (Å²) in [6.07, 6.45) is 4.95. The van der Waals surface area contributed by atoms with Crippen molar-refractivity contribution < 1.29 is 19.1 Å². The van der Waals surface area contributed by atoms with Gasteiger partial charge in [0.1, 0.15) is 5.82 Å². The second-order valence-corrected chi connectivity index (χ2v) is 7.83. The number of benzene rings is 2. The summed E-state index contributed by atoms with van der Waals surface area (Å²) in [6.45, 7) is 1.24. The lowest BCUT2D eigenvalue weighted by Gasteiger charge is -2.24. The summed E-state index contributed by atoms with van der Waals surface area (Å²) < 4.78 is 10.4. The van der Waals surface area contributed by atoms with Gasteiger partial charge in [-0.25, -0.2) is 9.78 Å². The van der Waals surface area contributed by atoms with Crippen LogP contribution in [0.15, 0.2) is 59.4 Å². The van der Waals surface area contributed by atoms with Gasteiger partial charge in [-0.3, -0.25) is 9.59 Å². The molecule has 1 unspecified atom stereocenters. The van der Waals surface area contributed by atoms with E-state index in [1.807, 2.05) is 6.07 Å². The molecule has 2 heterocycles. The van der Waals surface area contributed by atoms with Crippen LogP contribution in [0.1, 0.15) is 34.6 Å². The molecule has 1 N–H and O–H groups in total. The van der Waals surface area contributed by atoms with Gasteiger partial charge in [0.2, 0.25) is 5.91 Å². The minimum Gasteiger partial charge on any atom is -0.465 e. The lowest BCUT2D eigenvalue weighted by Crippen LogP contribution is -2.36. The molecule has 8 heteroatoms. The minimum absolute atomic E-state index is 0.0473. The molecule has 1 aliphatic rings. The van der Waals surface area contributed by atoms with E-state index in [1.165, 1.54) is 13.2 Å². The topological polar surface area (TPSA) is 102 Å². The number of methoxy groups -OCH3 is 1. The van der Waals surface area contributed by atoms with Crippen molar-refractivity contribution in [2.24, 2.45) is 0 Å². The van der Waals surface area contributed by atoms with Gasteiger partial charge < -0.3 is 19.4 Å². The van der Waals surface area contributed by atoms with Gasteiger partial charge in [-0.05, 0) is 48.7 Å². The quantitative estimate of drug-likeness (QED) is 0.441. The Hall–Kier alpha value is -3.78. The predicted molar refractivity (Wildman–Crippen MR) is 124 cm³/mol. The van der Waals surface area contributed by atoms with Gasteiger partial charge in [0.25, 0.3) is 5.56 Å². The molecular weight excluding hydrogens is 422 g/mol. The van der Waals surface area contributed by atoms with Crippen LogP contribution in [0.5, 0.6) is 0 Å². The van der Waals surface area contributed by atoms with Crippen LogP contribution in [0.3, 0.4) is 0 Å². The van der Waals surface area contributed by atoms with Crippen molar-refractivity contribution in [3.63, 3.8) is 0 Å². The zero-order valence-corrected chi connectivity index (χ0v) is 18.3. The van der Waals surface area contributed by atoms with E-state index in [0.717, 1.165) is 18.4 Å². The first-order chi connectivity index (χ1) is 16.0. The fourth-order valence-electron chi connectivity index (χ4n) is 3.78. The third-order valence-electron chi connectivity index (χ3n) is 5.51. The monoisotopic (exact) mass is 447 g/mol. The molecule has 8 nitrogen and oxygen atoms in total. The number of H-pyrrole nitrogens is 1. The van der Waals surface area contributed by atoms with E-state index >= 15 is 0 Å². The van der Waals surface area contributed by atoms with Gasteiger partial charge >= 0.3 is 5.97 Å². The summed E-state index contributed by atoms with van der Waals surface area (Å²) in [6, 6.07) is 13.9. The van der Waals surface area contributed by atoms with Gasteiger partial charge in [-0.15, -0.1) is 0 Å². The maximum absolute atomic E-state index is 13.1. The first-order valence-electron chi connectivity index (χ1n) is 10.8. The van der Waals surface area contributed by atoms with Crippen molar-refractivity contribution in [1.29, 1.82) is 0 Å². The van der Waals surface area contributed by atoms with E-state index in [-0.39, 0.29) is 24.1 Å². The molecule has 1 fully saturated rings. The molecule has 0 bridgehead atoms. The number of rotatable bonds is 7. The van der Waals surface area contributed by atoms with Gasteiger partial charge in [0.05, 0.1) is 36.2 Å². The maximum Gasteiger partial charge on any atom is 0.337 e. The average molecular weight is 447 g/mol. The van der Waals surface area contributed by atoms with Crippen molar-refractivity contribution in [2.75, 3.05) is 20.3 Å². The molecule has 1 aromatic heterocycles. The summed E-state index contributed by atoms with van der Waals surface area (Å²) in [4.78, 5) is 46.0. The Morgan fingerprint density at radius 3 is 2.73 bits per heavy atom. The Bertz CT molecular complexity index is 1230. The Balaban J connectivity index is 1.53. The number of aromatic amines is 1. The van der Waals surface area contributed by atoms with E-state index in [1.54, 1.807) is 53.4 Å². The first-order valence-corrected chi connectivity index (χ1v) is 10.8. The van der Waals surface area contributed by atoms with Crippen LogP contribution in [0.2, 0.25) is 0 Å². The summed E-state index contributed by atoms with van der Waals surface area (Å²) in [7, 11) is 1.33. The third kappa shape index (κ3) is 5.53. The van der Waals surface area contributed by atoms with Crippen LogP contribution in [-0.4, -0.2) is 53.1 Å². The average Bonchev–Trinajstić information content (AvgIpc) is 3.35. The highest BCUT2D eigenvalue weighted by molar-refractivity contribution is 5.92. The Kier molecular flexibility index (Phi) is 6.95. The van der Waals surface area contributed by atoms with E-state index in [9.17, 15) is 14.4 Å². The van der Waals surface area contributed by atoms with E-state index in [2.05, 4.69) is 9.97 Å². The fourth-order valence-corrected chi connectivity index (χ4v) is 3.78. The molecule has 1 atom stereocenters. The zero-order valence-electron chi connectivity index (χ0n) is 18.3. The second kappa shape index (κ2) is 10.2. The SMILES string of the molecule is COC(=O)c1ccc(C=CC(=O)N(Cc2nc3ccccc3c(=O)[nH]2)CC2CCCO2)cc1. The fraction of sp³-hybridized carbons (Fsp3) is 0.280. The van der Waals surface area contributed by atoms with E-state index in [4.69, 9.17) is 9.47 Å². The molecule has 0 spiro atoms. The molecule has 0 aliphatic carbocycles. The minimum atomic E-state index is -0.416. The molecule has 1 amide bonds. The normalized spacial score (nSPS) is 15.7. The number of esters is 1. The number of carbonyl (C=O) groups excluding carboxylic acids is 2. The third-order valence-corrected chi connectivity index (χ3v) is 5.51. The van der Waals surface area contributed by atoms with Crippen LogP contribution in [0, 0.1) is 0 Å². The lowest BCUT2D eigenvalue weighted by atomic mass is 10.1. The Morgan fingerprint density at radius 1 is 1.21 bits per heavy atom. The van der Waals surface area contributed by atoms with E-state index < -0.39 is 5.97 Å². The molecular formula is C25H25N3O5. The molecule has 0 saturated carbocycles. The number of ether oxygens (including phenoxy) is 2. The number of hydrogen-bond donors (Lipinski definition) is 1. The van der Waals surface area contributed by atoms with Gasteiger partial charge in [0, 0.05) is 19.2 Å². The van der Waals surface area contributed by atoms with Crippen molar-refractivity contribution in [3.05, 3.63) is 81.9 Å². The standard InChI is InChI=1S/C25H25N3O5/c1-32-25(31)18-11-8-17(9-12-18)10-13-23(29)28(15-19-5-4-14-33-19)16-22-26-21-7-3-2-6-20(21)24(30)27-22/h2-3,6-13,19H,4-5,14-16H2,1H3,(H,26,27,30). The van der Waals surface area contributed by atoms with Crippen molar-refractivity contribution in [2.45, 2.75) is 25.5 Å². The summed E-state index contributed by atoms with van der Waals surface area (Å²) in [5.41, 5.74) is 1.56. The van der Waals surface area contributed by atoms with Crippen LogP contribution in [0.4, 0.5) is 0 Å². The summed E-state index contributed by atoms with van der Waals surface area (Å²) >= 11 is 0. The first kappa shape index (κ1) is 22.4. The molecule has 4 rings (SSSR count). The maximum atomic E-state index is 13.1. The highest BCUT2D eigenvalue weighted by atomic mass is 16.5. The van der Waals surface area contributed by atoms with Crippen molar-refractivity contribution in [3.8, 4) is 0 Å². The number of carbonyl (C=O) groups is 2. The van der Waals surface area contributed by atoms with Gasteiger partial charge in [0.15, 0.2) is 0 Å². The summed E-state index contributed by atoms with van der Waals surface area (Å²) in [5.74, 6) is -0.222. The van der Waals surface area contributed by atoms with E-state index in [0.29, 0.717) is 35.4 Å². The molecule has 0 radical (unpaired) electrons. The largest absolute Gasteiger partial charge is 0.465 e. The number of nitrogens with zero attached hydrogens (tertiary/aromatic N) is 2. The molecule has 1 aliphatic heterocycles. The van der Waals surface area contributed by atoms with Crippen LogP contribution >= 0.6 is 0 Å². The van der Waals surface area contributed by atoms with Crippen LogP contribution in [-0.2, 0) is 20.8 Å². The molecule has 2 aromatic carbocycles. The number of hydrogen-bond acceptors (Lipinski definition) is 6. The molecule has 1 saturated heterocycles. The zero-order chi connectivity index (χ0) is 23.2. The number of nitrogens with one attached hydrogen (secondary N) is 1. The number of fused-ring (bicyclic) bond motifs is 1. The van der Waals surface area contributed by atoms with Crippen molar-refractivity contribution >= 4 is 28.9 Å². The van der Waals surface area contributed by atoms with Crippen LogP contribution < -0.4 is 5.56 Å². The molecule has 3 aromatic rings. The predicted octanol–water partition coefficient (Wildman–Crippen LogP) is 2.93. The summed E-state index contributed by atoms with van der Waals surface area (Å²) in [5, 5.41) is 0.508.